The van der Waals surface area contributed by atoms with Crippen LogP contribution in [0.5, 0.6) is 0 Å². The monoisotopic (exact) mass is 191 g/mol. The first-order chi connectivity index (χ1) is 6.95. The molecule has 2 rings (SSSR count). The first kappa shape index (κ1) is 9.69. The van der Waals surface area contributed by atoms with E-state index in [0.29, 0.717) is 0 Å². The summed E-state index contributed by atoms with van der Waals surface area (Å²) in [6.45, 7) is 3.91. The van der Waals surface area contributed by atoms with Gasteiger partial charge in [0.15, 0.2) is 0 Å². The Kier molecular flexibility index (Phi) is 3.55. The third kappa shape index (κ3) is 2.82. The largest absolute Gasteiger partial charge is 0.376 e. The van der Waals surface area contributed by atoms with Crippen molar-refractivity contribution in [2.45, 2.75) is 13.0 Å². The van der Waals surface area contributed by atoms with Gasteiger partial charge < -0.3 is 10.1 Å². The van der Waals surface area contributed by atoms with Crippen LogP contribution in [-0.2, 0) is 11.3 Å². The average Bonchev–Trinajstić information content (AvgIpc) is 2.72. The lowest BCUT2D eigenvalue weighted by Gasteiger charge is -2.08. The van der Waals surface area contributed by atoms with E-state index in [4.69, 9.17) is 4.74 Å². The molecule has 0 aliphatic carbocycles. The van der Waals surface area contributed by atoms with Crippen molar-refractivity contribution in [3.05, 3.63) is 35.9 Å². The number of hydrogen-bond donors (Lipinski definition) is 1. The molecule has 1 heterocycles. The Hall–Kier alpha value is -0.860. The van der Waals surface area contributed by atoms with Gasteiger partial charge in [-0.15, -0.1) is 0 Å². The normalized spacial score (nSPS) is 21.3. The molecule has 1 aliphatic heterocycles. The van der Waals surface area contributed by atoms with Gasteiger partial charge in [-0.2, -0.15) is 0 Å². The van der Waals surface area contributed by atoms with Gasteiger partial charge in [0.2, 0.25) is 0 Å². The van der Waals surface area contributed by atoms with Crippen LogP contribution in [0.25, 0.3) is 0 Å². The molecule has 0 bridgehead atoms. The van der Waals surface area contributed by atoms with Gasteiger partial charge in [-0.1, -0.05) is 30.3 Å². The van der Waals surface area contributed by atoms with Crippen LogP contribution >= 0.6 is 0 Å². The molecule has 0 spiro atoms. The lowest BCUT2D eigenvalue weighted by Crippen LogP contribution is -2.13. The van der Waals surface area contributed by atoms with Gasteiger partial charge in [-0.25, -0.2) is 0 Å². The predicted molar refractivity (Wildman–Crippen MR) is 57.1 cm³/mol. The molecule has 0 radical (unpaired) electrons. The maximum absolute atomic E-state index is 5.66. The summed E-state index contributed by atoms with van der Waals surface area (Å²) < 4.78 is 5.66. The van der Waals surface area contributed by atoms with E-state index in [1.807, 2.05) is 6.07 Å². The molecule has 1 aromatic carbocycles. The van der Waals surface area contributed by atoms with Crippen LogP contribution in [0.2, 0.25) is 0 Å². The third-order valence-electron chi connectivity index (χ3n) is 2.63. The Morgan fingerprint density at radius 2 is 2.14 bits per heavy atom. The van der Waals surface area contributed by atoms with Crippen molar-refractivity contribution < 1.29 is 4.74 Å². The van der Waals surface area contributed by atoms with E-state index < -0.39 is 0 Å². The van der Waals surface area contributed by atoms with Crippen molar-refractivity contribution in [2.24, 2.45) is 5.92 Å². The highest BCUT2D eigenvalue weighted by Gasteiger charge is 2.13. The van der Waals surface area contributed by atoms with Crippen molar-refractivity contribution >= 4 is 0 Å². The molecule has 0 aromatic heterocycles. The Balaban J connectivity index is 1.67. The van der Waals surface area contributed by atoms with Crippen LogP contribution in [0, 0.1) is 5.92 Å². The van der Waals surface area contributed by atoms with Gasteiger partial charge in [0.1, 0.15) is 0 Å². The first-order valence-corrected chi connectivity index (χ1v) is 5.27. The number of ether oxygens (including phenoxy) is 1. The molecule has 1 saturated heterocycles. The molecule has 1 aliphatic rings. The summed E-state index contributed by atoms with van der Waals surface area (Å²) in [5.74, 6) is 0.721. The van der Waals surface area contributed by atoms with Crippen LogP contribution in [-0.4, -0.2) is 19.7 Å². The molecule has 1 fully saturated rings. The van der Waals surface area contributed by atoms with E-state index >= 15 is 0 Å². The van der Waals surface area contributed by atoms with Crippen LogP contribution < -0.4 is 5.32 Å². The average molecular weight is 191 g/mol. The minimum Gasteiger partial charge on any atom is -0.376 e. The highest BCUT2D eigenvalue weighted by molar-refractivity contribution is 5.13. The maximum atomic E-state index is 5.66. The summed E-state index contributed by atoms with van der Waals surface area (Å²) in [6.07, 6.45) is 1.26. The van der Waals surface area contributed by atoms with Crippen molar-refractivity contribution in [1.82, 2.24) is 5.32 Å². The zero-order chi connectivity index (χ0) is 9.64. The van der Waals surface area contributed by atoms with Crippen molar-refractivity contribution in [3.8, 4) is 0 Å². The second-order valence-corrected chi connectivity index (χ2v) is 3.86. The highest BCUT2D eigenvalue weighted by atomic mass is 16.5. The fraction of sp³-hybridized carbons (Fsp3) is 0.500. The van der Waals surface area contributed by atoms with Gasteiger partial charge >= 0.3 is 0 Å². The summed E-state index contributed by atoms with van der Waals surface area (Å²) in [6, 6.07) is 10.3. The van der Waals surface area contributed by atoms with E-state index in [1.165, 1.54) is 12.0 Å². The molecular formula is C12H17NO. The van der Waals surface area contributed by atoms with Gasteiger partial charge in [0.25, 0.3) is 0 Å². The lowest BCUT2D eigenvalue weighted by molar-refractivity contribution is 0.0925. The molecule has 1 unspecified atom stereocenters. The number of nitrogens with one attached hydrogen (secondary N) is 1. The summed E-state index contributed by atoms with van der Waals surface area (Å²) in [7, 11) is 0. The second-order valence-electron chi connectivity index (χ2n) is 3.86. The zero-order valence-electron chi connectivity index (χ0n) is 8.41. The number of benzene rings is 1. The SMILES string of the molecule is c1ccc(COCC2CCNC2)cc1. The fourth-order valence-corrected chi connectivity index (χ4v) is 1.77. The molecule has 2 heteroatoms. The van der Waals surface area contributed by atoms with Crippen LogP contribution in [0.1, 0.15) is 12.0 Å². The summed E-state index contributed by atoms with van der Waals surface area (Å²) in [5, 5.41) is 3.34. The molecular weight excluding hydrogens is 174 g/mol. The van der Waals surface area contributed by atoms with Crippen molar-refractivity contribution in [1.29, 1.82) is 0 Å². The molecule has 0 saturated carbocycles. The Morgan fingerprint density at radius 3 is 2.86 bits per heavy atom. The van der Waals surface area contributed by atoms with Gasteiger partial charge in [0, 0.05) is 6.54 Å². The Labute approximate surface area is 85.3 Å². The molecule has 1 N–H and O–H groups in total. The minimum atomic E-state index is 0.721. The van der Waals surface area contributed by atoms with E-state index in [-0.39, 0.29) is 0 Å². The zero-order valence-corrected chi connectivity index (χ0v) is 8.41. The topological polar surface area (TPSA) is 21.3 Å². The summed E-state index contributed by atoms with van der Waals surface area (Å²) >= 11 is 0. The van der Waals surface area contributed by atoms with Crippen molar-refractivity contribution in [3.63, 3.8) is 0 Å². The molecule has 0 amide bonds. The smallest absolute Gasteiger partial charge is 0.0717 e. The standard InChI is InChI=1S/C12H17NO/c1-2-4-11(5-3-1)9-14-10-12-6-7-13-8-12/h1-5,12-13H,6-10H2. The third-order valence-corrected chi connectivity index (χ3v) is 2.63. The minimum absolute atomic E-state index is 0.721. The molecule has 1 atom stereocenters. The second kappa shape index (κ2) is 5.13. The van der Waals surface area contributed by atoms with E-state index in [9.17, 15) is 0 Å². The molecule has 76 valence electrons. The molecule has 2 nitrogen and oxygen atoms in total. The van der Waals surface area contributed by atoms with E-state index in [1.54, 1.807) is 0 Å². The van der Waals surface area contributed by atoms with Crippen LogP contribution in [0.4, 0.5) is 0 Å². The van der Waals surface area contributed by atoms with E-state index in [0.717, 1.165) is 32.2 Å². The molecule has 14 heavy (non-hydrogen) atoms. The first-order valence-electron chi connectivity index (χ1n) is 5.27. The maximum Gasteiger partial charge on any atom is 0.0717 e. The van der Waals surface area contributed by atoms with Crippen molar-refractivity contribution in [2.75, 3.05) is 19.7 Å². The molecule has 1 aromatic rings. The van der Waals surface area contributed by atoms with Crippen LogP contribution in [0.3, 0.4) is 0 Å². The number of hydrogen-bond acceptors (Lipinski definition) is 2. The van der Waals surface area contributed by atoms with Gasteiger partial charge in [0.05, 0.1) is 13.2 Å². The summed E-state index contributed by atoms with van der Waals surface area (Å²) in [5.41, 5.74) is 1.26. The number of rotatable bonds is 4. The van der Waals surface area contributed by atoms with Gasteiger partial charge in [-0.3, -0.25) is 0 Å². The van der Waals surface area contributed by atoms with Gasteiger partial charge in [-0.05, 0) is 24.4 Å². The predicted octanol–water partition coefficient (Wildman–Crippen LogP) is 1.81. The van der Waals surface area contributed by atoms with E-state index in [2.05, 4.69) is 29.6 Å². The lowest BCUT2D eigenvalue weighted by atomic mass is 10.1. The Bertz CT molecular complexity index is 254. The Morgan fingerprint density at radius 1 is 1.29 bits per heavy atom. The fourth-order valence-electron chi connectivity index (χ4n) is 1.77. The highest BCUT2D eigenvalue weighted by Crippen LogP contribution is 2.09. The quantitative estimate of drug-likeness (QED) is 0.783. The summed E-state index contributed by atoms with van der Waals surface area (Å²) in [4.78, 5) is 0. The van der Waals surface area contributed by atoms with Crippen LogP contribution in [0.15, 0.2) is 30.3 Å².